The van der Waals surface area contributed by atoms with Gasteiger partial charge in [0.05, 0.1) is 24.5 Å². The lowest BCUT2D eigenvalue weighted by Crippen LogP contribution is -2.36. The molecule has 2 fully saturated rings. The summed E-state index contributed by atoms with van der Waals surface area (Å²) >= 11 is 1.64. The molecule has 4 rings (SSSR count). The van der Waals surface area contributed by atoms with E-state index in [0.29, 0.717) is 18.5 Å². The minimum atomic E-state index is 0.252. The van der Waals surface area contributed by atoms with Gasteiger partial charge in [-0.3, -0.25) is 9.69 Å². The zero-order chi connectivity index (χ0) is 13.5. The largest absolute Gasteiger partial charge is 0.468 e. The first-order chi connectivity index (χ1) is 9.83. The highest BCUT2D eigenvalue weighted by Crippen LogP contribution is 2.37. The molecule has 2 aromatic heterocycles. The van der Waals surface area contributed by atoms with Crippen LogP contribution in [-0.2, 0) is 11.3 Å². The van der Waals surface area contributed by atoms with E-state index in [1.807, 2.05) is 28.5 Å². The number of anilines is 1. The van der Waals surface area contributed by atoms with Gasteiger partial charge in [-0.2, -0.15) is 11.3 Å². The van der Waals surface area contributed by atoms with Gasteiger partial charge in [0.15, 0.2) is 0 Å². The van der Waals surface area contributed by atoms with Gasteiger partial charge in [-0.05, 0) is 30.0 Å². The van der Waals surface area contributed by atoms with Crippen molar-refractivity contribution in [3.8, 4) is 0 Å². The third-order valence-electron chi connectivity index (χ3n) is 4.33. The summed E-state index contributed by atoms with van der Waals surface area (Å²) in [5, 5.41) is 4.10. The number of carbonyl (C=O) groups is 1. The molecule has 0 N–H and O–H groups in total. The normalized spacial score (nSPS) is 26.4. The fraction of sp³-hybridized carbons (Fsp3) is 0.400. The highest BCUT2D eigenvalue weighted by Gasteiger charge is 2.47. The summed E-state index contributed by atoms with van der Waals surface area (Å²) in [6, 6.07) is 6.61. The Morgan fingerprint density at radius 2 is 2.30 bits per heavy atom. The molecule has 104 valence electrons. The van der Waals surface area contributed by atoms with Gasteiger partial charge in [0.2, 0.25) is 5.91 Å². The molecule has 0 spiro atoms. The zero-order valence-electron chi connectivity index (χ0n) is 11.1. The van der Waals surface area contributed by atoms with Crippen LogP contribution in [-0.4, -0.2) is 29.4 Å². The van der Waals surface area contributed by atoms with Gasteiger partial charge in [0, 0.05) is 24.4 Å². The third-order valence-corrected chi connectivity index (χ3v) is 5.00. The zero-order valence-corrected chi connectivity index (χ0v) is 11.9. The van der Waals surface area contributed by atoms with Crippen LogP contribution in [0.2, 0.25) is 0 Å². The number of likely N-dealkylation sites (tertiary alicyclic amines) is 1. The summed E-state index contributed by atoms with van der Waals surface area (Å²) < 4.78 is 5.43. The molecular weight excluding hydrogens is 272 g/mol. The third kappa shape index (κ3) is 1.89. The Balaban J connectivity index is 1.55. The Morgan fingerprint density at radius 3 is 3.05 bits per heavy atom. The number of nitrogens with zero attached hydrogens (tertiary/aromatic N) is 2. The number of hydrogen-bond donors (Lipinski definition) is 0. The van der Waals surface area contributed by atoms with E-state index < -0.39 is 0 Å². The van der Waals surface area contributed by atoms with E-state index in [2.05, 4.69) is 10.3 Å². The van der Waals surface area contributed by atoms with Crippen molar-refractivity contribution in [1.29, 1.82) is 0 Å². The Labute approximate surface area is 121 Å². The number of rotatable bonds is 3. The molecule has 2 aromatic rings. The van der Waals surface area contributed by atoms with E-state index in [1.54, 1.807) is 17.6 Å². The minimum Gasteiger partial charge on any atom is -0.468 e. The van der Waals surface area contributed by atoms with Gasteiger partial charge in [-0.25, -0.2) is 0 Å². The van der Waals surface area contributed by atoms with E-state index >= 15 is 0 Å². The first-order valence-electron chi connectivity index (χ1n) is 6.93. The van der Waals surface area contributed by atoms with Crippen molar-refractivity contribution in [2.75, 3.05) is 11.4 Å². The maximum atomic E-state index is 12.3. The first kappa shape index (κ1) is 12.2. The monoisotopic (exact) mass is 288 g/mol. The van der Waals surface area contributed by atoms with Gasteiger partial charge in [-0.1, -0.05) is 0 Å². The van der Waals surface area contributed by atoms with Crippen LogP contribution in [0.15, 0.2) is 39.6 Å². The molecule has 20 heavy (non-hydrogen) atoms. The molecule has 0 aliphatic carbocycles. The predicted molar refractivity (Wildman–Crippen MR) is 77.7 cm³/mol. The number of furan rings is 1. The molecule has 0 unspecified atom stereocenters. The predicted octanol–water partition coefficient (Wildman–Crippen LogP) is 2.72. The summed E-state index contributed by atoms with van der Waals surface area (Å²) in [6.07, 6.45) is 3.38. The minimum absolute atomic E-state index is 0.252. The summed E-state index contributed by atoms with van der Waals surface area (Å²) in [5.74, 6) is 1.23. The number of fused-ring (bicyclic) bond motifs is 1. The highest BCUT2D eigenvalue weighted by atomic mass is 32.1. The van der Waals surface area contributed by atoms with Crippen LogP contribution in [0, 0.1) is 0 Å². The SMILES string of the molecule is O=C1C[C@@H]2[C@H](CCN2Cc2ccco2)N1c1ccsc1. The molecule has 0 aromatic carbocycles. The summed E-state index contributed by atoms with van der Waals surface area (Å²) in [4.78, 5) is 16.7. The van der Waals surface area contributed by atoms with Crippen LogP contribution in [0.5, 0.6) is 0 Å². The quantitative estimate of drug-likeness (QED) is 0.871. The fourth-order valence-corrected chi connectivity index (χ4v) is 4.09. The van der Waals surface area contributed by atoms with Crippen molar-refractivity contribution in [3.63, 3.8) is 0 Å². The molecule has 4 nitrogen and oxygen atoms in total. The van der Waals surface area contributed by atoms with Gasteiger partial charge >= 0.3 is 0 Å². The van der Waals surface area contributed by atoms with Crippen molar-refractivity contribution in [1.82, 2.24) is 4.90 Å². The summed E-state index contributed by atoms with van der Waals surface area (Å²) in [7, 11) is 0. The van der Waals surface area contributed by atoms with Crippen LogP contribution < -0.4 is 4.90 Å². The molecule has 0 saturated carbocycles. The number of thiophene rings is 1. The molecular formula is C15H16N2O2S. The standard InChI is InChI=1S/C15H16N2O2S/c18-15-8-14-13(17(15)11-4-7-20-10-11)3-5-16(14)9-12-2-1-6-19-12/h1-2,4,6-7,10,13-14H,3,5,8-9H2/t13-,14+/m0/s1. The second-order valence-corrected chi connectivity index (χ2v) is 6.20. The van der Waals surface area contributed by atoms with Crippen molar-refractivity contribution >= 4 is 22.9 Å². The van der Waals surface area contributed by atoms with Crippen molar-refractivity contribution in [2.45, 2.75) is 31.5 Å². The molecule has 4 heterocycles. The van der Waals surface area contributed by atoms with Crippen molar-refractivity contribution < 1.29 is 9.21 Å². The number of amides is 1. The summed E-state index contributed by atoms with van der Waals surface area (Å²) in [6.45, 7) is 1.84. The second-order valence-electron chi connectivity index (χ2n) is 5.42. The smallest absolute Gasteiger partial charge is 0.228 e. The number of carbonyl (C=O) groups excluding carboxylic acids is 1. The molecule has 2 atom stereocenters. The molecule has 0 radical (unpaired) electrons. The van der Waals surface area contributed by atoms with Crippen LogP contribution in [0.25, 0.3) is 0 Å². The maximum absolute atomic E-state index is 12.3. The van der Waals surface area contributed by atoms with E-state index in [9.17, 15) is 4.79 Å². The van der Waals surface area contributed by atoms with Crippen LogP contribution in [0.4, 0.5) is 5.69 Å². The van der Waals surface area contributed by atoms with Crippen LogP contribution in [0.1, 0.15) is 18.6 Å². The molecule has 2 saturated heterocycles. The van der Waals surface area contributed by atoms with Gasteiger partial charge in [-0.15, -0.1) is 0 Å². The van der Waals surface area contributed by atoms with Crippen LogP contribution in [0.3, 0.4) is 0 Å². The lowest BCUT2D eigenvalue weighted by Gasteiger charge is -2.24. The topological polar surface area (TPSA) is 36.7 Å². The highest BCUT2D eigenvalue weighted by molar-refractivity contribution is 7.08. The average molecular weight is 288 g/mol. The first-order valence-corrected chi connectivity index (χ1v) is 7.88. The lowest BCUT2D eigenvalue weighted by molar-refractivity contribution is -0.117. The second kappa shape index (κ2) is 4.75. The maximum Gasteiger partial charge on any atom is 0.228 e. The van der Waals surface area contributed by atoms with Gasteiger partial charge in [0.1, 0.15) is 5.76 Å². The van der Waals surface area contributed by atoms with E-state index in [4.69, 9.17) is 4.42 Å². The molecule has 5 heteroatoms. The lowest BCUT2D eigenvalue weighted by atomic mass is 10.1. The number of hydrogen-bond acceptors (Lipinski definition) is 4. The van der Waals surface area contributed by atoms with E-state index in [0.717, 1.165) is 31.0 Å². The van der Waals surface area contributed by atoms with Gasteiger partial charge < -0.3 is 9.32 Å². The van der Waals surface area contributed by atoms with Gasteiger partial charge in [0.25, 0.3) is 0 Å². The van der Waals surface area contributed by atoms with Crippen molar-refractivity contribution in [3.05, 3.63) is 41.0 Å². The Hall–Kier alpha value is -1.59. The van der Waals surface area contributed by atoms with E-state index in [1.165, 1.54) is 0 Å². The Morgan fingerprint density at radius 1 is 1.35 bits per heavy atom. The Kier molecular flexibility index (Phi) is 2.89. The van der Waals surface area contributed by atoms with E-state index in [-0.39, 0.29) is 5.91 Å². The molecule has 0 bridgehead atoms. The molecule has 1 amide bonds. The van der Waals surface area contributed by atoms with Crippen LogP contribution >= 0.6 is 11.3 Å². The average Bonchev–Trinajstić information content (AvgIpc) is 3.16. The van der Waals surface area contributed by atoms with Crippen molar-refractivity contribution in [2.24, 2.45) is 0 Å². The Bertz CT molecular complexity index is 593. The summed E-state index contributed by atoms with van der Waals surface area (Å²) in [5.41, 5.74) is 1.06. The molecule has 2 aliphatic heterocycles. The molecule has 2 aliphatic rings. The fourth-order valence-electron chi connectivity index (χ4n) is 3.46.